The van der Waals surface area contributed by atoms with E-state index in [9.17, 15) is 0 Å². The number of hydrogen-bond donors (Lipinski definition) is 1. The molecule has 2 nitrogen and oxygen atoms in total. The molecule has 0 bridgehead atoms. The normalized spacial score (nSPS) is 12.6. The van der Waals surface area contributed by atoms with Crippen molar-refractivity contribution in [3.05, 3.63) is 51.0 Å². The van der Waals surface area contributed by atoms with Crippen LogP contribution in [0.15, 0.2) is 23.0 Å². The van der Waals surface area contributed by atoms with Crippen molar-refractivity contribution in [1.29, 1.82) is 0 Å². The van der Waals surface area contributed by atoms with E-state index in [1.165, 1.54) is 22.3 Å². The van der Waals surface area contributed by atoms with Crippen molar-refractivity contribution in [3.63, 3.8) is 0 Å². The van der Waals surface area contributed by atoms with E-state index in [0.29, 0.717) is 6.04 Å². The Morgan fingerprint density at radius 3 is 2.42 bits per heavy atom. The molecule has 1 heterocycles. The maximum absolute atomic E-state index is 4.46. The number of aromatic nitrogens is 1. The minimum absolute atomic E-state index is 0.316. The van der Waals surface area contributed by atoms with E-state index < -0.39 is 0 Å². The van der Waals surface area contributed by atoms with Crippen LogP contribution < -0.4 is 5.32 Å². The maximum Gasteiger partial charge on any atom is 0.0795 e. The molecule has 0 amide bonds. The summed E-state index contributed by atoms with van der Waals surface area (Å²) in [4.78, 5) is 4.46. The van der Waals surface area contributed by atoms with Gasteiger partial charge in [0.1, 0.15) is 0 Å². The van der Waals surface area contributed by atoms with Gasteiger partial charge >= 0.3 is 0 Å². The zero-order chi connectivity index (χ0) is 13.8. The molecule has 3 heteroatoms. The third kappa shape index (κ3) is 3.43. The highest BCUT2D eigenvalue weighted by Crippen LogP contribution is 2.24. The first-order chi connectivity index (χ1) is 9.11. The Bertz CT molecular complexity index is 509. The van der Waals surface area contributed by atoms with E-state index in [-0.39, 0.29) is 0 Å². The van der Waals surface area contributed by atoms with Crippen molar-refractivity contribution in [1.82, 2.24) is 10.3 Å². The smallest absolute Gasteiger partial charge is 0.0795 e. The summed E-state index contributed by atoms with van der Waals surface area (Å²) in [7, 11) is 0. The van der Waals surface area contributed by atoms with Crippen LogP contribution in [0, 0.1) is 20.8 Å². The highest BCUT2D eigenvalue weighted by atomic mass is 32.1. The van der Waals surface area contributed by atoms with Crippen molar-refractivity contribution in [2.45, 2.75) is 40.2 Å². The van der Waals surface area contributed by atoms with Crippen LogP contribution in [-0.2, 0) is 6.42 Å². The van der Waals surface area contributed by atoms with Crippen molar-refractivity contribution < 1.29 is 0 Å². The molecule has 19 heavy (non-hydrogen) atoms. The first kappa shape index (κ1) is 14.2. The minimum atomic E-state index is 0.316. The zero-order valence-corrected chi connectivity index (χ0v) is 13.0. The molecule has 2 aromatic rings. The third-order valence-electron chi connectivity index (χ3n) is 3.51. The Morgan fingerprint density at radius 1 is 1.21 bits per heavy atom. The number of nitrogens with zero attached hydrogens (tertiary/aromatic N) is 1. The quantitative estimate of drug-likeness (QED) is 0.892. The Morgan fingerprint density at radius 2 is 1.89 bits per heavy atom. The molecule has 0 aliphatic carbocycles. The molecular formula is C16H22N2S. The molecule has 0 radical (unpaired) electrons. The molecule has 0 saturated carbocycles. The van der Waals surface area contributed by atoms with E-state index in [2.05, 4.69) is 55.5 Å². The van der Waals surface area contributed by atoms with Crippen LogP contribution in [0.5, 0.6) is 0 Å². The van der Waals surface area contributed by atoms with Crippen LogP contribution in [0.3, 0.4) is 0 Å². The van der Waals surface area contributed by atoms with E-state index in [1.54, 1.807) is 11.3 Å². The lowest BCUT2D eigenvalue weighted by Gasteiger charge is -2.19. The Hall–Kier alpha value is -1.19. The van der Waals surface area contributed by atoms with E-state index >= 15 is 0 Å². The number of thiazole rings is 1. The minimum Gasteiger partial charge on any atom is -0.309 e. The van der Waals surface area contributed by atoms with Crippen LogP contribution in [0.1, 0.15) is 40.9 Å². The van der Waals surface area contributed by atoms with Gasteiger partial charge in [0.15, 0.2) is 0 Å². The standard InChI is InChI=1S/C16H22N2S/c1-5-17-15(16-9-19-10-18-16)8-14-12(3)6-11(2)7-13(14)4/h6-7,9-10,15,17H,5,8H2,1-4H3. The molecule has 0 aliphatic heterocycles. The molecule has 0 spiro atoms. The summed E-state index contributed by atoms with van der Waals surface area (Å²) >= 11 is 1.66. The monoisotopic (exact) mass is 274 g/mol. The highest BCUT2D eigenvalue weighted by molar-refractivity contribution is 7.07. The van der Waals surface area contributed by atoms with Gasteiger partial charge in [0.05, 0.1) is 17.2 Å². The van der Waals surface area contributed by atoms with Gasteiger partial charge in [0.2, 0.25) is 0 Å². The van der Waals surface area contributed by atoms with E-state index in [0.717, 1.165) is 18.7 Å². The lowest BCUT2D eigenvalue weighted by molar-refractivity contribution is 0.537. The summed E-state index contributed by atoms with van der Waals surface area (Å²) in [6, 6.07) is 4.86. The SMILES string of the molecule is CCNC(Cc1c(C)cc(C)cc1C)c1cscn1. The van der Waals surface area contributed by atoms with Gasteiger partial charge in [0.25, 0.3) is 0 Å². The molecular weight excluding hydrogens is 252 g/mol. The van der Waals surface area contributed by atoms with Gasteiger partial charge in [0, 0.05) is 5.38 Å². The van der Waals surface area contributed by atoms with Crippen molar-refractivity contribution in [3.8, 4) is 0 Å². The molecule has 1 N–H and O–H groups in total. The first-order valence-electron chi connectivity index (χ1n) is 6.80. The van der Waals surface area contributed by atoms with Gasteiger partial charge in [-0.2, -0.15) is 0 Å². The van der Waals surface area contributed by atoms with Crippen molar-refractivity contribution in [2.24, 2.45) is 0 Å². The Kier molecular flexibility index (Phi) is 4.72. The molecule has 2 rings (SSSR count). The number of likely N-dealkylation sites (N-methyl/N-ethyl adjacent to an activating group) is 1. The average Bonchev–Trinajstić information content (AvgIpc) is 2.85. The van der Waals surface area contributed by atoms with Crippen LogP contribution in [-0.4, -0.2) is 11.5 Å². The van der Waals surface area contributed by atoms with Crippen LogP contribution in [0.2, 0.25) is 0 Å². The van der Waals surface area contributed by atoms with Crippen LogP contribution in [0.4, 0.5) is 0 Å². The van der Waals surface area contributed by atoms with Crippen molar-refractivity contribution >= 4 is 11.3 Å². The summed E-state index contributed by atoms with van der Waals surface area (Å²) in [5.74, 6) is 0. The fraction of sp³-hybridized carbons (Fsp3) is 0.438. The van der Waals surface area contributed by atoms with Gasteiger partial charge in [-0.25, -0.2) is 4.98 Å². The maximum atomic E-state index is 4.46. The largest absolute Gasteiger partial charge is 0.309 e. The summed E-state index contributed by atoms with van der Waals surface area (Å²) in [5.41, 5.74) is 8.63. The lowest BCUT2D eigenvalue weighted by Crippen LogP contribution is -2.24. The number of rotatable bonds is 5. The van der Waals surface area contributed by atoms with Crippen LogP contribution in [0.25, 0.3) is 0 Å². The summed E-state index contributed by atoms with van der Waals surface area (Å²) in [6.07, 6.45) is 1.01. The summed E-state index contributed by atoms with van der Waals surface area (Å²) in [6.45, 7) is 9.69. The number of benzene rings is 1. The van der Waals surface area contributed by atoms with Gasteiger partial charge < -0.3 is 5.32 Å². The van der Waals surface area contributed by atoms with Gasteiger partial charge in [-0.05, 0) is 50.4 Å². The molecule has 1 unspecified atom stereocenters. The predicted molar refractivity (Wildman–Crippen MR) is 82.9 cm³/mol. The Balaban J connectivity index is 2.27. The van der Waals surface area contributed by atoms with Crippen molar-refractivity contribution in [2.75, 3.05) is 6.54 Å². The van der Waals surface area contributed by atoms with E-state index in [4.69, 9.17) is 0 Å². The third-order valence-corrected chi connectivity index (χ3v) is 4.11. The predicted octanol–water partition coefficient (Wildman–Crippen LogP) is 3.96. The second-order valence-electron chi connectivity index (χ2n) is 5.10. The second kappa shape index (κ2) is 6.31. The van der Waals surface area contributed by atoms with E-state index in [1.807, 2.05) is 5.51 Å². The second-order valence-corrected chi connectivity index (χ2v) is 5.82. The average molecular weight is 274 g/mol. The Labute approximate surface area is 119 Å². The summed E-state index contributed by atoms with van der Waals surface area (Å²) < 4.78 is 0. The zero-order valence-electron chi connectivity index (χ0n) is 12.2. The lowest BCUT2D eigenvalue weighted by atomic mass is 9.93. The fourth-order valence-electron chi connectivity index (χ4n) is 2.66. The molecule has 1 aromatic carbocycles. The molecule has 102 valence electrons. The van der Waals surface area contributed by atoms with Crippen LogP contribution >= 0.6 is 11.3 Å². The number of aryl methyl sites for hydroxylation is 3. The molecule has 1 aromatic heterocycles. The summed E-state index contributed by atoms with van der Waals surface area (Å²) in [5, 5.41) is 5.69. The van der Waals surface area contributed by atoms with Gasteiger partial charge in [-0.3, -0.25) is 0 Å². The van der Waals surface area contributed by atoms with Gasteiger partial charge in [-0.15, -0.1) is 11.3 Å². The molecule has 0 aliphatic rings. The molecule has 0 fully saturated rings. The highest BCUT2D eigenvalue weighted by Gasteiger charge is 2.15. The molecule has 1 atom stereocenters. The molecule has 0 saturated heterocycles. The first-order valence-corrected chi connectivity index (χ1v) is 7.74. The van der Waals surface area contributed by atoms with Gasteiger partial charge in [-0.1, -0.05) is 24.6 Å². The fourth-order valence-corrected chi connectivity index (χ4v) is 3.27. The number of nitrogens with one attached hydrogen (secondary N) is 1. The topological polar surface area (TPSA) is 24.9 Å². The number of hydrogen-bond acceptors (Lipinski definition) is 3.